The van der Waals surface area contributed by atoms with Crippen molar-refractivity contribution in [3.8, 4) is 0 Å². The average molecular weight is 200 g/mol. The third kappa shape index (κ3) is 3.05. The van der Waals surface area contributed by atoms with Crippen LogP contribution >= 0.6 is 11.6 Å². The van der Waals surface area contributed by atoms with Crippen LogP contribution < -0.4 is 5.32 Å². The standard InChI is InChI=1S/C9H10ClNO2/c1-6(12)9(13)11-8-4-2-7(10)3-5-8/h2-6,12H,1H3,(H,11,13)/t6-/m0/s1. The van der Waals surface area contributed by atoms with Gasteiger partial charge in [-0.3, -0.25) is 4.79 Å². The highest BCUT2D eigenvalue weighted by molar-refractivity contribution is 6.30. The smallest absolute Gasteiger partial charge is 0.252 e. The lowest BCUT2D eigenvalue weighted by atomic mass is 10.3. The lowest BCUT2D eigenvalue weighted by molar-refractivity contribution is -0.123. The number of amides is 1. The van der Waals surface area contributed by atoms with Crippen molar-refractivity contribution in [2.75, 3.05) is 5.32 Å². The van der Waals surface area contributed by atoms with Crippen LogP contribution in [0.5, 0.6) is 0 Å². The molecule has 1 atom stereocenters. The van der Waals surface area contributed by atoms with Gasteiger partial charge < -0.3 is 10.4 Å². The first-order valence-corrected chi connectivity index (χ1v) is 4.22. The highest BCUT2D eigenvalue weighted by Crippen LogP contribution is 2.13. The number of aliphatic hydroxyl groups excluding tert-OH is 1. The molecule has 0 aromatic heterocycles. The predicted molar refractivity (Wildman–Crippen MR) is 51.8 cm³/mol. The zero-order chi connectivity index (χ0) is 9.84. The van der Waals surface area contributed by atoms with Crippen LogP contribution in [-0.2, 0) is 4.79 Å². The van der Waals surface area contributed by atoms with Crippen LogP contribution in [0.3, 0.4) is 0 Å². The van der Waals surface area contributed by atoms with E-state index in [1.165, 1.54) is 6.92 Å². The van der Waals surface area contributed by atoms with Gasteiger partial charge in [0.2, 0.25) is 0 Å². The topological polar surface area (TPSA) is 49.3 Å². The second kappa shape index (κ2) is 4.25. The zero-order valence-electron chi connectivity index (χ0n) is 7.12. The summed E-state index contributed by atoms with van der Waals surface area (Å²) in [7, 11) is 0. The SMILES string of the molecule is C[C@H](O)C(=O)Nc1ccc(Cl)cc1. The van der Waals surface area contributed by atoms with E-state index in [0.29, 0.717) is 10.7 Å². The number of rotatable bonds is 2. The molecule has 0 heterocycles. The predicted octanol–water partition coefficient (Wildman–Crippen LogP) is 1.66. The molecule has 0 spiro atoms. The van der Waals surface area contributed by atoms with Crippen LogP contribution in [-0.4, -0.2) is 17.1 Å². The molecule has 0 aliphatic rings. The van der Waals surface area contributed by atoms with Gasteiger partial charge in [0.05, 0.1) is 0 Å². The molecule has 0 radical (unpaired) electrons. The monoisotopic (exact) mass is 199 g/mol. The summed E-state index contributed by atoms with van der Waals surface area (Å²) in [4.78, 5) is 11.0. The largest absolute Gasteiger partial charge is 0.384 e. The van der Waals surface area contributed by atoms with Gasteiger partial charge in [0.25, 0.3) is 5.91 Å². The molecular weight excluding hydrogens is 190 g/mol. The molecule has 1 amide bonds. The maximum absolute atomic E-state index is 11.0. The summed E-state index contributed by atoms with van der Waals surface area (Å²) in [5.41, 5.74) is 0.621. The number of carbonyl (C=O) groups is 1. The molecule has 2 N–H and O–H groups in total. The quantitative estimate of drug-likeness (QED) is 0.761. The number of carbonyl (C=O) groups excluding carboxylic acids is 1. The van der Waals surface area contributed by atoms with Gasteiger partial charge in [-0.1, -0.05) is 11.6 Å². The Morgan fingerprint density at radius 1 is 1.46 bits per heavy atom. The summed E-state index contributed by atoms with van der Waals surface area (Å²) in [6.45, 7) is 1.41. The van der Waals surface area contributed by atoms with Gasteiger partial charge in [-0.05, 0) is 31.2 Å². The molecule has 0 saturated carbocycles. The molecule has 0 aliphatic heterocycles. The van der Waals surface area contributed by atoms with Gasteiger partial charge in [-0.15, -0.1) is 0 Å². The van der Waals surface area contributed by atoms with Gasteiger partial charge in [0.15, 0.2) is 0 Å². The molecule has 1 rings (SSSR count). The normalized spacial score (nSPS) is 12.2. The van der Waals surface area contributed by atoms with E-state index in [-0.39, 0.29) is 0 Å². The summed E-state index contributed by atoms with van der Waals surface area (Å²) in [6, 6.07) is 6.67. The number of hydrogen-bond acceptors (Lipinski definition) is 2. The van der Waals surface area contributed by atoms with Crippen LogP contribution in [0.4, 0.5) is 5.69 Å². The molecular formula is C9H10ClNO2. The van der Waals surface area contributed by atoms with Gasteiger partial charge in [-0.2, -0.15) is 0 Å². The first-order valence-electron chi connectivity index (χ1n) is 3.84. The highest BCUT2D eigenvalue weighted by atomic mass is 35.5. The minimum absolute atomic E-state index is 0.428. The second-order valence-electron chi connectivity index (χ2n) is 2.67. The maximum atomic E-state index is 11.0. The van der Waals surface area contributed by atoms with Crippen molar-refractivity contribution in [1.82, 2.24) is 0 Å². The maximum Gasteiger partial charge on any atom is 0.252 e. The van der Waals surface area contributed by atoms with Gasteiger partial charge in [0.1, 0.15) is 6.10 Å². The zero-order valence-corrected chi connectivity index (χ0v) is 7.88. The van der Waals surface area contributed by atoms with E-state index in [4.69, 9.17) is 16.7 Å². The van der Waals surface area contributed by atoms with Crippen molar-refractivity contribution in [3.05, 3.63) is 29.3 Å². The third-order valence-electron chi connectivity index (χ3n) is 1.49. The van der Waals surface area contributed by atoms with Gasteiger partial charge >= 0.3 is 0 Å². The molecule has 0 aliphatic carbocycles. The van der Waals surface area contributed by atoms with E-state index < -0.39 is 12.0 Å². The van der Waals surface area contributed by atoms with Crippen LogP contribution in [0.15, 0.2) is 24.3 Å². The van der Waals surface area contributed by atoms with Crippen molar-refractivity contribution < 1.29 is 9.90 Å². The molecule has 0 bridgehead atoms. The van der Waals surface area contributed by atoms with Gasteiger partial charge in [-0.25, -0.2) is 0 Å². The van der Waals surface area contributed by atoms with Gasteiger partial charge in [0, 0.05) is 10.7 Å². The Labute approximate surface area is 81.3 Å². The Bertz CT molecular complexity index is 295. The molecule has 1 aromatic carbocycles. The Morgan fingerprint density at radius 3 is 2.46 bits per heavy atom. The molecule has 1 aromatic rings. The summed E-state index contributed by atoms with van der Waals surface area (Å²) in [6.07, 6.45) is -1.00. The lowest BCUT2D eigenvalue weighted by Crippen LogP contribution is -2.24. The van der Waals surface area contributed by atoms with Crippen molar-refractivity contribution in [1.29, 1.82) is 0 Å². The Kier molecular flexibility index (Phi) is 3.28. The molecule has 0 saturated heterocycles. The first kappa shape index (κ1) is 10.0. The average Bonchev–Trinajstić information content (AvgIpc) is 2.08. The molecule has 0 fully saturated rings. The van der Waals surface area contributed by atoms with E-state index in [9.17, 15) is 4.79 Å². The summed E-state index contributed by atoms with van der Waals surface area (Å²) < 4.78 is 0. The van der Waals surface area contributed by atoms with Crippen LogP contribution in [0.1, 0.15) is 6.92 Å². The van der Waals surface area contributed by atoms with Crippen molar-refractivity contribution >= 4 is 23.2 Å². The first-order chi connectivity index (χ1) is 6.09. The fourth-order valence-corrected chi connectivity index (χ4v) is 0.906. The van der Waals surface area contributed by atoms with Crippen molar-refractivity contribution in [3.63, 3.8) is 0 Å². The van der Waals surface area contributed by atoms with E-state index in [1.807, 2.05) is 0 Å². The summed E-state index contributed by atoms with van der Waals surface area (Å²) >= 11 is 5.65. The van der Waals surface area contributed by atoms with Crippen LogP contribution in [0, 0.1) is 0 Å². The summed E-state index contributed by atoms with van der Waals surface area (Å²) in [5.74, 6) is -0.428. The van der Waals surface area contributed by atoms with E-state index in [2.05, 4.69) is 5.32 Å². The third-order valence-corrected chi connectivity index (χ3v) is 1.74. The summed E-state index contributed by atoms with van der Waals surface area (Å²) in [5, 5.41) is 12.0. The fourth-order valence-electron chi connectivity index (χ4n) is 0.780. The Hall–Kier alpha value is -1.06. The van der Waals surface area contributed by atoms with E-state index in [0.717, 1.165) is 0 Å². The van der Waals surface area contributed by atoms with Crippen molar-refractivity contribution in [2.24, 2.45) is 0 Å². The number of hydrogen-bond donors (Lipinski definition) is 2. The van der Waals surface area contributed by atoms with Crippen LogP contribution in [0.25, 0.3) is 0 Å². The molecule has 70 valence electrons. The molecule has 13 heavy (non-hydrogen) atoms. The molecule has 3 nitrogen and oxygen atoms in total. The van der Waals surface area contributed by atoms with E-state index >= 15 is 0 Å². The minimum Gasteiger partial charge on any atom is -0.384 e. The number of anilines is 1. The van der Waals surface area contributed by atoms with E-state index in [1.54, 1.807) is 24.3 Å². The minimum atomic E-state index is -1.00. The number of benzene rings is 1. The Balaban J connectivity index is 2.65. The fraction of sp³-hybridized carbons (Fsp3) is 0.222. The Morgan fingerprint density at radius 2 is 2.00 bits per heavy atom. The second-order valence-corrected chi connectivity index (χ2v) is 3.11. The molecule has 0 unspecified atom stereocenters. The highest BCUT2D eigenvalue weighted by Gasteiger charge is 2.07. The van der Waals surface area contributed by atoms with Crippen LogP contribution in [0.2, 0.25) is 5.02 Å². The van der Waals surface area contributed by atoms with Crippen molar-refractivity contribution in [2.45, 2.75) is 13.0 Å². The number of halogens is 1. The molecule has 4 heteroatoms. The number of nitrogens with one attached hydrogen (secondary N) is 1. The number of aliphatic hydroxyl groups is 1. The lowest BCUT2D eigenvalue weighted by Gasteiger charge is -2.06.